The Morgan fingerprint density at radius 3 is 2.26 bits per heavy atom. The predicted octanol–water partition coefficient (Wildman–Crippen LogP) is 4.27. The van der Waals surface area contributed by atoms with E-state index in [2.05, 4.69) is 44.2 Å². The molecule has 53 heavy (non-hydrogen) atoms. The molecule has 0 amide bonds. The molecule has 1 N–H and O–H groups in total. The van der Waals surface area contributed by atoms with Crippen LogP contribution in [0, 0.1) is 35.5 Å². The van der Waals surface area contributed by atoms with E-state index in [0.29, 0.717) is 30.3 Å². The Hall–Kier alpha value is -1.48. The summed E-state index contributed by atoms with van der Waals surface area (Å²) in [6, 6.07) is 0.946. The summed E-state index contributed by atoms with van der Waals surface area (Å²) in [6.45, 7) is 8.21. The molecule has 2 saturated carbocycles. The quantitative estimate of drug-likeness (QED) is 0.267. The second-order valence-corrected chi connectivity index (χ2v) is 17.3. The van der Waals surface area contributed by atoms with Crippen LogP contribution < -0.4 is 5.32 Å². The van der Waals surface area contributed by atoms with Crippen molar-refractivity contribution in [2.75, 3.05) is 35.4 Å². The SMILES string of the molecule is CC[C@H]1CCC[C@H](O[C@H]2CC[C@H](N(C)C)C(C)O2)[C@@H](C)C(=O)C2=C[C@H]3[C@@H]4C[C@H](O[C@@H]5OC(C)[C@H](OC)C(OC)[C@@H]5OC)C[C@H]4[C@@H]4N[C@@H]4[C@H]3[C@@H]2CC(=O)O1. The van der Waals surface area contributed by atoms with Gasteiger partial charge in [-0.25, -0.2) is 0 Å². The molecule has 12 nitrogen and oxygen atoms in total. The van der Waals surface area contributed by atoms with Crippen molar-refractivity contribution >= 4 is 11.8 Å². The number of rotatable bonds is 9. The lowest BCUT2D eigenvalue weighted by Gasteiger charge is -2.44. The minimum absolute atomic E-state index is 0.0316. The van der Waals surface area contributed by atoms with Gasteiger partial charge >= 0.3 is 5.97 Å². The average molecular weight is 747 g/mol. The molecule has 0 radical (unpaired) electrons. The third-order valence-corrected chi connectivity index (χ3v) is 14.2. The van der Waals surface area contributed by atoms with E-state index < -0.39 is 12.4 Å². The maximum Gasteiger partial charge on any atom is 0.306 e. The van der Waals surface area contributed by atoms with E-state index >= 15 is 0 Å². The molecule has 0 aromatic carbocycles. The van der Waals surface area contributed by atoms with Crippen LogP contribution in [0.25, 0.3) is 0 Å². The zero-order valence-electron chi connectivity index (χ0n) is 33.4. The Morgan fingerprint density at radius 1 is 0.849 bits per heavy atom. The highest BCUT2D eigenvalue weighted by atomic mass is 16.7. The van der Waals surface area contributed by atoms with Crippen molar-refractivity contribution in [3.05, 3.63) is 11.6 Å². The van der Waals surface area contributed by atoms with E-state index in [1.54, 1.807) is 21.3 Å². The van der Waals surface area contributed by atoms with Crippen LogP contribution in [-0.4, -0.2) is 132 Å². The molecule has 0 aromatic heterocycles. The number of cyclic esters (lactones) is 1. The number of esters is 1. The van der Waals surface area contributed by atoms with Crippen molar-refractivity contribution < 1.29 is 47.5 Å². The molecule has 0 bridgehead atoms. The van der Waals surface area contributed by atoms with E-state index in [4.69, 9.17) is 37.9 Å². The van der Waals surface area contributed by atoms with Crippen LogP contribution in [-0.2, 0) is 47.5 Å². The molecule has 4 aliphatic heterocycles. The first kappa shape index (κ1) is 39.7. The van der Waals surface area contributed by atoms with Gasteiger partial charge in [0.2, 0.25) is 0 Å². The number of Topliss-reactive ketones (excluding diaryl/α,β-unsaturated/α-hetero) is 1. The van der Waals surface area contributed by atoms with Gasteiger partial charge < -0.3 is 48.1 Å². The van der Waals surface area contributed by atoms with Crippen LogP contribution in [0.2, 0.25) is 0 Å². The maximum atomic E-state index is 14.8. The minimum Gasteiger partial charge on any atom is -0.462 e. The lowest BCUT2D eigenvalue weighted by molar-refractivity contribution is -0.314. The van der Waals surface area contributed by atoms with E-state index in [-0.39, 0.29) is 96.9 Å². The Labute approximate surface area is 316 Å². The highest BCUT2D eigenvalue weighted by Crippen LogP contribution is 2.60. The minimum atomic E-state index is -0.585. The van der Waals surface area contributed by atoms with Gasteiger partial charge in [-0.15, -0.1) is 0 Å². The van der Waals surface area contributed by atoms with Crippen molar-refractivity contribution in [2.24, 2.45) is 35.5 Å². The van der Waals surface area contributed by atoms with Gasteiger partial charge in [0.05, 0.1) is 30.8 Å². The molecule has 3 unspecified atom stereocenters. The normalized spacial score (nSPS) is 48.8. The summed E-state index contributed by atoms with van der Waals surface area (Å²) in [6.07, 6.45) is 6.49. The fourth-order valence-corrected chi connectivity index (χ4v) is 11.5. The van der Waals surface area contributed by atoms with Crippen LogP contribution in [0.15, 0.2) is 11.6 Å². The van der Waals surface area contributed by atoms with E-state index in [1.807, 2.05) is 13.8 Å². The predicted molar refractivity (Wildman–Crippen MR) is 196 cm³/mol. The second-order valence-electron chi connectivity index (χ2n) is 17.3. The Morgan fingerprint density at radius 2 is 1.58 bits per heavy atom. The van der Waals surface area contributed by atoms with Crippen molar-refractivity contribution in [3.8, 4) is 0 Å². The number of nitrogens with zero attached hydrogens (tertiary/aromatic N) is 1. The maximum absolute atomic E-state index is 14.8. The van der Waals surface area contributed by atoms with E-state index in [1.165, 1.54) is 0 Å². The van der Waals surface area contributed by atoms with Crippen LogP contribution in [0.1, 0.15) is 85.5 Å². The summed E-state index contributed by atoms with van der Waals surface area (Å²) < 4.78 is 49.8. The first-order chi connectivity index (χ1) is 25.5. The third kappa shape index (κ3) is 7.80. The topological polar surface area (TPSA) is 133 Å². The lowest BCUT2D eigenvalue weighted by Crippen LogP contribution is -2.59. The zero-order chi connectivity index (χ0) is 37.7. The van der Waals surface area contributed by atoms with Gasteiger partial charge in [0.25, 0.3) is 0 Å². The first-order valence-corrected chi connectivity index (χ1v) is 20.6. The molecular formula is C41H66N2O10. The highest BCUT2D eigenvalue weighted by molar-refractivity contribution is 5.99. The molecule has 6 fully saturated rings. The van der Waals surface area contributed by atoms with Crippen molar-refractivity contribution in [3.63, 3.8) is 0 Å². The Bertz CT molecular complexity index is 1330. The van der Waals surface area contributed by atoms with Gasteiger partial charge in [0.1, 0.15) is 24.4 Å². The average Bonchev–Trinajstić information content (AvgIpc) is 3.67. The van der Waals surface area contributed by atoms with Gasteiger partial charge in [-0.2, -0.15) is 0 Å². The van der Waals surface area contributed by atoms with E-state index in [0.717, 1.165) is 50.5 Å². The highest BCUT2D eigenvalue weighted by Gasteiger charge is 2.65. The molecular weight excluding hydrogens is 680 g/mol. The number of hydrogen-bond donors (Lipinski definition) is 1. The number of ketones is 1. The number of nitrogens with one attached hydrogen (secondary N) is 1. The summed E-state index contributed by atoms with van der Waals surface area (Å²) in [5.74, 6) is 0.423. The largest absolute Gasteiger partial charge is 0.462 e. The fraction of sp³-hybridized carbons (Fsp3) is 0.902. The lowest BCUT2D eigenvalue weighted by atomic mass is 9.66. The summed E-state index contributed by atoms with van der Waals surface area (Å²) in [5.41, 5.74) is 0.798. The number of ether oxygens (including phenoxy) is 8. The molecule has 0 spiro atoms. The number of methoxy groups -OCH3 is 3. The summed E-state index contributed by atoms with van der Waals surface area (Å²) >= 11 is 0. The Balaban J connectivity index is 1.11. The van der Waals surface area contributed by atoms with Crippen LogP contribution in [0.3, 0.4) is 0 Å². The number of fused-ring (bicyclic) bond motifs is 8. The van der Waals surface area contributed by atoms with Crippen LogP contribution in [0.5, 0.6) is 0 Å². The summed E-state index contributed by atoms with van der Waals surface area (Å²) in [7, 11) is 9.18. The summed E-state index contributed by atoms with van der Waals surface area (Å²) in [5, 5.41) is 3.82. The summed E-state index contributed by atoms with van der Waals surface area (Å²) in [4.78, 5) is 30.6. The molecule has 7 rings (SSSR count). The van der Waals surface area contributed by atoms with Gasteiger partial charge in [-0.1, -0.05) is 19.9 Å². The smallest absolute Gasteiger partial charge is 0.306 e. The number of likely N-dealkylation sites (N-methyl/N-ethyl adjacent to an activating group) is 1. The molecule has 12 heteroatoms. The number of hydrogen-bond acceptors (Lipinski definition) is 12. The van der Waals surface area contributed by atoms with Crippen molar-refractivity contribution in [2.45, 2.75) is 165 Å². The third-order valence-electron chi connectivity index (χ3n) is 14.2. The van der Waals surface area contributed by atoms with Gasteiger partial charge in [0, 0.05) is 51.3 Å². The molecule has 19 atom stereocenters. The van der Waals surface area contributed by atoms with Gasteiger partial charge in [-0.3, -0.25) is 9.59 Å². The fourth-order valence-electron chi connectivity index (χ4n) is 11.5. The van der Waals surface area contributed by atoms with E-state index in [9.17, 15) is 9.59 Å². The molecule has 4 heterocycles. The second kappa shape index (κ2) is 16.5. The molecule has 3 aliphatic carbocycles. The van der Waals surface area contributed by atoms with Gasteiger partial charge in [-0.05, 0) is 109 Å². The molecule has 300 valence electrons. The van der Waals surface area contributed by atoms with Crippen LogP contribution in [0.4, 0.5) is 0 Å². The van der Waals surface area contributed by atoms with Crippen molar-refractivity contribution in [1.29, 1.82) is 0 Å². The standard InChI is InChI=1S/C41H66N2O10/c1-10-23-12-11-13-31(53-33-15-14-30(43(5)6)21(3)49-33)20(2)37(45)29-18-26-25-16-24(52-41-40(48-9)39(47-8)38(46-7)22(4)50-41)17-28(25)35-36(42-35)34(26)27(29)19-32(44)51-23/h18,20-28,30-31,33-36,38-42H,10-17,19H2,1-9H3/t20-,21?,22?,23+,24+,25+,26+,27-,28-,30+,31+,33+,34-,35+,36-,38+,39?,40+,41+/m1/s1. The van der Waals surface area contributed by atoms with Crippen molar-refractivity contribution in [1.82, 2.24) is 10.2 Å². The number of carbonyl (C=O) groups excluding carboxylic acids is 2. The first-order valence-electron chi connectivity index (χ1n) is 20.6. The van der Waals surface area contributed by atoms with Gasteiger partial charge in [0.15, 0.2) is 18.4 Å². The zero-order valence-corrected chi connectivity index (χ0v) is 33.4. The Kier molecular flexibility index (Phi) is 12.4. The van der Waals surface area contributed by atoms with Crippen LogP contribution >= 0.6 is 0 Å². The molecule has 4 saturated heterocycles. The molecule has 7 aliphatic rings. The number of carbonyl (C=O) groups is 2. The number of allylic oxidation sites excluding steroid dienone is 2. The monoisotopic (exact) mass is 746 g/mol. The molecule has 0 aromatic rings.